The molecule has 3 rings (SSSR count). The molecule has 0 unspecified atom stereocenters. The molecule has 0 radical (unpaired) electrons. The molecule has 1 aliphatic heterocycles. The van der Waals surface area contributed by atoms with E-state index in [1.54, 1.807) is 4.90 Å². The van der Waals surface area contributed by atoms with Gasteiger partial charge < -0.3 is 10.6 Å². The minimum absolute atomic E-state index is 0.0242. The molecule has 4 nitrogen and oxygen atoms in total. The van der Waals surface area contributed by atoms with E-state index in [9.17, 15) is 9.18 Å². The van der Waals surface area contributed by atoms with Crippen LogP contribution in [-0.2, 0) is 0 Å². The minimum atomic E-state index is -0.515. The molecule has 0 aromatic heterocycles. The van der Waals surface area contributed by atoms with Gasteiger partial charge in [0.15, 0.2) is 0 Å². The van der Waals surface area contributed by atoms with Crippen molar-refractivity contribution in [3.63, 3.8) is 0 Å². The fraction of sp³-hybridized carbons (Fsp3) is 0.235. The second-order valence-electron chi connectivity index (χ2n) is 6.17. The van der Waals surface area contributed by atoms with E-state index < -0.39 is 5.82 Å². The van der Waals surface area contributed by atoms with E-state index in [-0.39, 0.29) is 16.6 Å². The first-order valence-electron chi connectivity index (χ1n) is 7.26. The van der Waals surface area contributed by atoms with E-state index in [0.29, 0.717) is 12.2 Å². The Balaban J connectivity index is 1.88. The number of urea groups is 1. The summed E-state index contributed by atoms with van der Waals surface area (Å²) in [4.78, 5) is 14.3. The number of fused-ring (bicyclic) bond motifs is 1. The normalized spacial score (nSPS) is 15.6. The number of carbonyl (C=O) groups is 1. The molecule has 1 heterocycles. The molecule has 23 heavy (non-hydrogen) atoms. The number of hydrogen-bond acceptors (Lipinski definition) is 2. The molecule has 2 amide bonds. The van der Waals surface area contributed by atoms with Crippen LogP contribution in [0.25, 0.3) is 0 Å². The number of carbonyl (C=O) groups excluding carboxylic acids is 1. The third kappa shape index (κ3) is 3.24. The van der Waals surface area contributed by atoms with Gasteiger partial charge in [0.05, 0.1) is 22.9 Å². The zero-order chi connectivity index (χ0) is 16.6. The van der Waals surface area contributed by atoms with E-state index in [0.717, 1.165) is 11.4 Å². The maximum atomic E-state index is 13.2. The average molecular weight is 334 g/mol. The van der Waals surface area contributed by atoms with Gasteiger partial charge in [0.1, 0.15) is 5.82 Å². The number of nitrogens with zero attached hydrogens (tertiary/aromatic N) is 1. The number of benzene rings is 2. The molecule has 0 saturated carbocycles. The lowest BCUT2D eigenvalue weighted by molar-refractivity contribution is 0.255. The molecule has 0 bridgehead atoms. The van der Waals surface area contributed by atoms with Gasteiger partial charge in [-0.05, 0) is 44.2 Å². The van der Waals surface area contributed by atoms with Crippen molar-refractivity contribution in [1.29, 1.82) is 0 Å². The zero-order valence-electron chi connectivity index (χ0n) is 12.9. The maximum absolute atomic E-state index is 13.2. The van der Waals surface area contributed by atoms with Gasteiger partial charge in [-0.15, -0.1) is 0 Å². The summed E-state index contributed by atoms with van der Waals surface area (Å²) in [6, 6.07) is 11.5. The standard InChI is InChI=1S/C17H17ClFN3O/c1-17(2)10-22(15-6-4-3-5-14(15)21-17)16(23)20-11-7-8-13(19)12(18)9-11/h3-9,21H,10H2,1-2H3,(H,20,23). The Morgan fingerprint density at radius 1 is 1.30 bits per heavy atom. The second kappa shape index (κ2) is 5.74. The van der Waals surface area contributed by atoms with Crippen LogP contribution in [0.2, 0.25) is 5.02 Å². The van der Waals surface area contributed by atoms with Crippen molar-refractivity contribution in [3.05, 3.63) is 53.3 Å². The third-order valence-electron chi connectivity index (χ3n) is 3.64. The van der Waals surface area contributed by atoms with E-state index in [4.69, 9.17) is 11.6 Å². The summed E-state index contributed by atoms with van der Waals surface area (Å²) in [6.07, 6.45) is 0. The van der Waals surface area contributed by atoms with Crippen LogP contribution in [0, 0.1) is 5.82 Å². The Morgan fingerprint density at radius 3 is 2.78 bits per heavy atom. The van der Waals surface area contributed by atoms with Gasteiger partial charge in [0, 0.05) is 11.2 Å². The zero-order valence-corrected chi connectivity index (χ0v) is 13.6. The summed E-state index contributed by atoms with van der Waals surface area (Å²) in [5.74, 6) is -0.515. The summed E-state index contributed by atoms with van der Waals surface area (Å²) >= 11 is 5.76. The summed E-state index contributed by atoms with van der Waals surface area (Å²) in [5.41, 5.74) is 1.90. The van der Waals surface area contributed by atoms with Crippen molar-refractivity contribution in [3.8, 4) is 0 Å². The number of amides is 2. The van der Waals surface area contributed by atoms with Crippen molar-refractivity contribution in [2.24, 2.45) is 0 Å². The highest BCUT2D eigenvalue weighted by atomic mass is 35.5. The Morgan fingerprint density at radius 2 is 2.04 bits per heavy atom. The molecule has 0 saturated heterocycles. The maximum Gasteiger partial charge on any atom is 0.326 e. The molecule has 0 atom stereocenters. The molecule has 0 aliphatic carbocycles. The quantitative estimate of drug-likeness (QED) is 0.793. The monoisotopic (exact) mass is 333 g/mol. The average Bonchev–Trinajstić information content (AvgIpc) is 2.49. The number of rotatable bonds is 1. The molecule has 2 aromatic rings. The van der Waals surface area contributed by atoms with Crippen LogP contribution >= 0.6 is 11.6 Å². The summed E-state index contributed by atoms with van der Waals surface area (Å²) in [6.45, 7) is 4.56. The van der Waals surface area contributed by atoms with Crippen LogP contribution in [0.5, 0.6) is 0 Å². The Kier molecular flexibility index (Phi) is 3.90. The van der Waals surface area contributed by atoms with Gasteiger partial charge in [0.2, 0.25) is 0 Å². The lowest BCUT2D eigenvalue weighted by atomic mass is 9.99. The summed E-state index contributed by atoms with van der Waals surface area (Å²) in [7, 11) is 0. The Bertz CT molecular complexity index is 763. The van der Waals surface area contributed by atoms with E-state index in [1.165, 1.54) is 18.2 Å². The van der Waals surface area contributed by atoms with Gasteiger partial charge in [0.25, 0.3) is 0 Å². The number of halogens is 2. The number of nitrogens with one attached hydrogen (secondary N) is 2. The van der Waals surface area contributed by atoms with E-state index in [1.807, 2.05) is 38.1 Å². The van der Waals surface area contributed by atoms with Gasteiger partial charge in [-0.3, -0.25) is 4.90 Å². The predicted molar refractivity (Wildman–Crippen MR) is 91.9 cm³/mol. The van der Waals surface area contributed by atoms with E-state index >= 15 is 0 Å². The number of anilines is 3. The first-order chi connectivity index (χ1) is 10.9. The molecular formula is C17H17ClFN3O. The fourth-order valence-corrected chi connectivity index (χ4v) is 2.83. The van der Waals surface area contributed by atoms with Crippen LogP contribution in [0.15, 0.2) is 42.5 Å². The molecular weight excluding hydrogens is 317 g/mol. The molecule has 2 N–H and O–H groups in total. The molecule has 1 aliphatic rings. The fourth-order valence-electron chi connectivity index (χ4n) is 2.65. The topological polar surface area (TPSA) is 44.4 Å². The lowest BCUT2D eigenvalue weighted by Gasteiger charge is -2.40. The molecule has 120 valence electrons. The highest BCUT2D eigenvalue weighted by Crippen LogP contribution is 2.34. The lowest BCUT2D eigenvalue weighted by Crippen LogP contribution is -2.51. The van der Waals surface area contributed by atoms with Crippen molar-refractivity contribution in [2.75, 3.05) is 22.1 Å². The van der Waals surface area contributed by atoms with Crippen molar-refractivity contribution >= 4 is 34.7 Å². The highest BCUT2D eigenvalue weighted by Gasteiger charge is 2.32. The van der Waals surface area contributed by atoms with Crippen molar-refractivity contribution in [2.45, 2.75) is 19.4 Å². The first-order valence-corrected chi connectivity index (χ1v) is 7.64. The molecule has 2 aromatic carbocycles. The first kappa shape index (κ1) is 15.6. The summed E-state index contributed by atoms with van der Waals surface area (Å²) < 4.78 is 13.2. The van der Waals surface area contributed by atoms with Crippen molar-refractivity contribution < 1.29 is 9.18 Å². The summed E-state index contributed by atoms with van der Waals surface area (Å²) in [5, 5.41) is 6.15. The Hall–Kier alpha value is -2.27. The smallest absolute Gasteiger partial charge is 0.326 e. The minimum Gasteiger partial charge on any atom is -0.377 e. The van der Waals surface area contributed by atoms with Gasteiger partial charge in [-0.25, -0.2) is 9.18 Å². The van der Waals surface area contributed by atoms with Crippen LogP contribution in [-0.4, -0.2) is 18.1 Å². The predicted octanol–water partition coefficient (Wildman–Crippen LogP) is 4.72. The van der Waals surface area contributed by atoms with Gasteiger partial charge >= 0.3 is 6.03 Å². The Labute approximate surface area is 139 Å². The van der Waals surface area contributed by atoms with Crippen molar-refractivity contribution in [1.82, 2.24) is 0 Å². The number of para-hydroxylation sites is 2. The highest BCUT2D eigenvalue weighted by molar-refractivity contribution is 6.31. The molecule has 0 spiro atoms. The van der Waals surface area contributed by atoms with Crippen LogP contribution in [0.1, 0.15) is 13.8 Å². The van der Waals surface area contributed by atoms with E-state index in [2.05, 4.69) is 10.6 Å². The molecule has 0 fully saturated rings. The van der Waals surface area contributed by atoms with Crippen LogP contribution in [0.4, 0.5) is 26.2 Å². The van der Waals surface area contributed by atoms with Gasteiger partial charge in [-0.1, -0.05) is 23.7 Å². The second-order valence-corrected chi connectivity index (χ2v) is 6.58. The van der Waals surface area contributed by atoms with Crippen LogP contribution < -0.4 is 15.5 Å². The molecule has 6 heteroatoms. The van der Waals surface area contributed by atoms with Crippen LogP contribution in [0.3, 0.4) is 0 Å². The SMILES string of the molecule is CC1(C)CN(C(=O)Nc2ccc(F)c(Cl)c2)c2ccccc2N1. The largest absolute Gasteiger partial charge is 0.377 e. The number of hydrogen-bond donors (Lipinski definition) is 2. The third-order valence-corrected chi connectivity index (χ3v) is 3.93. The van der Waals surface area contributed by atoms with Gasteiger partial charge in [-0.2, -0.15) is 0 Å².